The summed E-state index contributed by atoms with van der Waals surface area (Å²) < 4.78 is 11.2. The van der Waals surface area contributed by atoms with Crippen LogP contribution < -0.4 is 11.3 Å². The highest BCUT2D eigenvalue weighted by Crippen LogP contribution is 2.13. The fraction of sp³-hybridized carbons (Fsp3) is 0.667. The van der Waals surface area contributed by atoms with E-state index in [0.717, 1.165) is 25.1 Å². The quantitative estimate of drug-likeness (QED) is 0.604. The molecule has 1 aromatic heterocycles. The first kappa shape index (κ1) is 13.2. The molecule has 0 aliphatic carbocycles. The van der Waals surface area contributed by atoms with Crippen LogP contribution >= 0.6 is 0 Å². The van der Waals surface area contributed by atoms with Crippen molar-refractivity contribution in [3.05, 3.63) is 17.6 Å². The third kappa shape index (κ3) is 3.90. The lowest BCUT2D eigenvalue weighted by Crippen LogP contribution is -2.24. The number of nitrogen functional groups attached to an aromatic ring is 1. The monoisotopic (exact) mass is 252 g/mol. The first-order chi connectivity index (χ1) is 8.78. The average molecular weight is 252 g/mol. The van der Waals surface area contributed by atoms with E-state index in [1.165, 1.54) is 6.42 Å². The first-order valence-corrected chi connectivity index (χ1v) is 6.28. The van der Waals surface area contributed by atoms with Gasteiger partial charge in [0.1, 0.15) is 12.4 Å². The zero-order valence-corrected chi connectivity index (χ0v) is 10.7. The van der Waals surface area contributed by atoms with Crippen LogP contribution in [0.15, 0.2) is 6.07 Å². The molecule has 2 heterocycles. The minimum atomic E-state index is 0.218. The Kier molecular flexibility index (Phi) is 4.86. The second-order valence-corrected chi connectivity index (χ2v) is 4.46. The molecule has 0 bridgehead atoms. The summed E-state index contributed by atoms with van der Waals surface area (Å²) in [4.78, 5) is 8.51. The van der Waals surface area contributed by atoms with Crippen LogP contribution in [-0.4, -0.2) is 29.3 Å². The van der Waals surface area contributed by atoms with Gasteiger partial charge < -0.3 is 14.9 Å². The van der Waals surface area contributed by atoms with E-state index < -0.39 is 0 Å². The predicted octanol–water partition coefficient (Wildman–Crippen LogP) is 1.16. The van der Waals surface area contributed by atoms with Crippen LogP contribution in [0, 0.1) is 6.92 Å². The smallest absolute Gasteiger partial charge is 0.156 e. The van der Waals surface area contributed by atoms with E-state index >= 15 is 0 Å². The fourth-order valence-electron chi connectivity index (χ4n) is 1.99. The summed E-state index contributed by atoms with van der Waals surface area (Å²) in [7, 11) is 0. The zero-order valence-electron chi connectivity index (χ0n) is 10.7. The summed E-state index contributed by atoms with van der Waals surface area (Å²) in [5, 5.41) is 0. The highest BCUT2D eigenvalue weighted by atomic mass is 16.5. The van der Waals surface area contributed by atoms with Gasteiger partial charge in [-0.05, 0) is 26.2 Å². The molecule has 18 heavy (non-hydrogen) atoms. The molecule has 100 valence electrons. The molecule has 1 aliphatic heterocycles. The molecule has 3 N–H and O–H groups in total. The largest absolute Gasteiger partial charge is 0.376 e. The normalized spacial score (nSPS) is 19.8. The lowest BCUT2D eigenvalue weighted by Gasteiger charge is -2.22. The standard InChI is InChI=1S/C12H20N4O2/c1-9-6-11(16-13)15-12(14-9)8-17-7-10-4-2-3-5-18-10/h6,10H,2-5,7-8,13H2,1H3,(H,14,15,16). The number of anilines is 1. The minimum absolute atomic E-state index is 0.218. The molecule has 0 saturated carbocycles. The Balaban J connectivity index is 1.80. The summed E-state index contributed by atoms with van der Waals surface area (Å²) in [6, 6.07) is 1.79. The van der Waals surface area contributed by atoms with Crippen molar-refractivity contribution in [3.63, 3.8) is 0 Å². The number of hydrogen-bond donors (Lipinski definition) is 2. The fourth-order valence-corrected chi connectivity index (χ4v) is 1.99. The molecule has 6 heteroatoms. The summed E-state index contributed by atoms with van der Waals surface area (Å²) in [5.74, 6) is 6.58. The van der Waals surface area contributed by atoms with E-state index in [9.17, 15) is 0 Å². The molecule has 0 spiro atoms. The SMILES string of the molecule is Cc1cc(NN)nc(COCC2CCCCO2)n1. The molecule has 0 amide bonds. The van der Waals surface area contributed by atoms with Gasteiger partial charge in [0.2, 0.25) is 0 Å². The van der Waals surface area contributed by atoms with Crippen LogP contribution in [0.5, 0.6) is 0 Å². The molecule has 1 atom stereocenters. The highest BCUT2D eigenvalue weighted by Gasteiger charge is 2.14. The van der Waals surface area contributed by atoms with E-state index in [0.29, 0.717) is 24.9 Å². The summed E-state index contributed by atoms with van der Waals surface area (Å²) in [6.07, 6.45) is 3.67. The van der Waals surface area contributed by atoms with Crippen molar-refractivity contribution in [1.82, 2.24) is 9.97 Å². The van der Waals surface area contributed by atoms with Gasteiger partial charge in [-0.3, -0.25) is 0 Å². The molecule has 1 aromatic rings. The summed E-state index contributed by atoms with van der Waals surface area (Å²) in [5.41, 5.74) is 3.38. The molecule has 1 fully saturated rings. The maximum absolute atomic E-state index is 5.60. The number of rotatable bonds is 5. The number of nitrogens with two attached hydrogens (primary N) is 1. The van der Waals surface area contributed by atoms with Gasteiger partial charge in [-0.25, -0.2) is 15.8 Å². The Morgan fingerprint density at radius 3 is 3.11 bits per heavy atom. The van der Waals surface area contributed by atoms with Crippen molar-refractivity contribution in [2.24, 2.45) is 5.84 Å². The van der Waals surface area contributed by atoms with Gasteiger partial charge >= 0.3 is 0 Å². The molecule has 2 rings (SSSR count). The number of nitrogens with zero attached hydrogens (tertiary/aromatic N) is 2. The van der Waals surface area contributed by atoms with Gasteiger partial charge in [0.05, 0.1) is 12.7 Å². The van der Waals surface area contributed by atoms with E-state index in [1.807, 2.05) is 6.92 Å². The van der Waals surface area contributed by atoms with Crippen molar-refractivity contribution in [2.45, 2.75) is 38.9 Å². The first-order valence-electron chi connectivity index (χ1n) is 6.28. The topological polar surface area (TPSA) is 82.3 Å². The number of hydrogen-bond acceptors (Lipinski definition) is 6. The maximum atomic E-state index is 5.60. The summed E-state index contributed by atoms with van der Waals surface area (Å²) >= 11 is 0. The molecule has 1 saturated heterocycles. The van der Waals surface area contributed by atoms with Crippen LogP contribution in [0.4, 0.5) is 5.82 Å². The second-order valence-electron chi connectivity index (χ2n) is 4.46. The van der Waals surface area contributed by atoms with Crippen molar-refractivity contribution in [3.8, 4) is 0 Å². The second kappa shape index (κ2) is 6.63. The molecular formula is C12H20N4O2. The van der Waals surface area contributed by atoms with E-state index in [2.05, 4.69) is 15.4 Å². The van der Waals surface area contributed by atoms with Gasteiger partial charge in [-0.15, -0.1) is 0 Å². The van der Waals surface area contributed by atoms with Crippen LogP contribution in [0.1, 0.15) is 30.8 Å². The van der Waals surface area contributed by atoms with Gasteiger partial charge in [0, 0.05) is 18.4 Å². The number of hydrazine groups is 1. The minimum Gasteiger partial charge on any atom is -0.376 e. The molecule has 1 unspecified atom stereocenters. The van der Waals surface area contributed by atoms with Crippen molar-refractivity contribution in [2.75, 3.05) is 18.6 Å². The van der Waals surface area contributed by atoms with Crippen LogP contribution in [0.25, 0.3) is 0 Å². The zero-order chi connectivity index (χ0) is 12.8. The Bertz CT molecular complexity index is 380. The third-order valence-corrected chi connectivity index (χ3v) is 2.86. The Labute approximate surface area is 107 Å². The van der Waals surface area contributed by atoms with Crippen molar-refractivity contribution >= 4 is 5.82 Å². The highest BCUT2D eigenvalue weighted by molar-refractivity contribution is 5.33. The Morgan fingerprint density at radius 1 is 1.50 bits per heavy atom. The molecule has 0 aromatic carbocycles. The number of aromatic nitrogens is 2. The van der Waals surface area contributed by atoms with Crippen LogP contribution in [-0.2, 0) is 16.1 Å². The molecule has 1 aliphatic rings. The number of ether oxygens (including phenoxy) is 2. The number of nitrogens with one attached hydrogen (secondary N) is 1. The summed E-state index contributed by atoms with van der Waals surface area (Å²) in [6.45, 7) is 3.73. The van der Waals surface area contributed by atoms with Gasteiger partial charge in [0.25, 0.3) is 0 Å². The predicted molar refractivity (Wildman–Crippen MR) is 67.8 cm³/mol. The van der Waals surface area contributed by atoms with Crippen molar-refractivity contribution < 1.29 is 9.47 Å². The number of aryl methyl sites for hydroxylation is 1. The Hall–Kier alpha value is -1.24. The van der Waals surface area contributed by atoms with E-state index in [-0.39, 0.29) is 6.10 Å². The van der Waals surface area contributed by atoms with Crippen LogP contribution in [0.2, 0.25) is 0 Å². The lowest BCUT2D eigenvalue weighted by molar-refractivity contribution is -0.0458. The van der Waals surface area contributed by atoms with Crippen molar-refractivity contribution in [1.29, 1.82) is 0 Å². The van der Waals surface area contributed by atoms with Gasteiger partial charge in [-0.2, -0.15) is 0 Å². The average Bonchev–Trinajstić information content (AvgIpc) is 2.39. The van der Waals surface area contributed by atoms with Gasteiger partial charge in [0.15, 0.2) is 5.82 Å². The Morgan fingerprint density at radius 2 is 2.39 bits per heavy atom. The molecule has 0 radical (unpaired) electrons. The van der Waals surface area contributed by atoms with E-state index in [4.69, 9.17) is 15.3 Å². The van der Waals surface area contributed by atoms with E-state index in [1.54, 1.807) is 6.07 Å². The third-order valence-electron chi connectivity index (χ3n) is 2.86. The van der Waals surface area contributed by atoms with Gasteiger partial charge in [-0.1, -0.05) is 0 Å². The molecular weight excluding hydrogens is 232 g/mol. The maximum Gasteiger partial charge on any atom is 0.156 e. The van der Waals surface area contributed by atoms with Crippen LogP contribution in [0.3, 0.4) is 0 Å². The lowest BCUT2D eigenvalue weighted by atomic mass is 10.1. The molecule has 6 nitrogen and oxygen atoms in total.